The number of aromatic nitrogens is 2. The summed E-state index contributed by atoms with van der Waals surface area (Å²) < 4.78 is 26.4. The Hall–Kier alpha value is -1.54. The summed E-state index contributed by atoms with van der Waals surface area (Å²) in [6.45, 7) is 2.79. The maximum Gasteiger partial charge on any atom is 0.287 e. The van der Waals surface area contributed by atoms with Crippen LogP contribution in [0.4, 0.5) is 20.5 Å². The second kappa shape index (κ2) is 6.48. The number of alkyl halides is 2. The standard InChI is InChI=1S/C13H18F2N4OS/c1-3-4-16-12-18-10(17-6-13(14,15)7-20)9-5-8(2)21-11(9)19-12/h5,20H,3-4,6-7H2,1-2H3,(H2,16,17,18,19). The van der Waals surface area contributed by atoms with E-state index in [2.05, 4.69) is 20.6 Å². The van der Waals surface area contributed by atoms with Crippen molar-refractivity contribution in [3.05, 3.63) is 10.9 Å². The number of fused-ring (bicyclic) bond motifs is 1. The van der Waals surface area contributed by atoms with Crippen LogP contribution in [0.15, 0.2) is 6.07 Å². The summed E-state index contributed by atoms with van der Waals surface area (Å²) in [6.07, 6.45) is 0.913. The van der Waals surface area contributed by atoms with Crippen LogP contribution in [-0.4, -0.2) is 40.7 Å². The molecule has 0 aliphatic rings. The van der Waals surface area contributed by atoms with Gasteiger partial charge in [-0.25, -0.2) is 13.8 Å². The Morgan fingerprint density at radius 2 is 2.10 bits per heavy atom. The summed E-state index contributed by atoms with van der Waals surface area (Å²) in [7, 11) is 0. The van der Waals surface area contributed by atoms with Crippen molar-refractivity contribution in [1.29, 1.82) is 0 Å². The Balaban J connectivity index is 2.30. The minimum Gasteiger partial charge on any atom is -0.390 e. The van der Waals surface area contributed by atoms with E-state index in [4.69, 9.17) is 5.11 Å². The summed E-state index contributed by atoms with van der Waals surface area (Å²) in [6, 6.07) is 1.86. The molecule has 0 fully saturated rings. The van der Waals surface area contributed by atoms with Crippen molar-refractivity contribution in [3.63, 3.8) is 0 Å². The molecular formula is C13H18F2N4OS. The maximum absolute atomic E-state index is 13.2. The maximum atomic E-state index is 13.2. The summed E-state index contributed by atoms with van der Waals surface area (Å²) in [5.74, 6) is -2.41. The predicted molar refractivity (Wildman–Crippen MR) is 81.5 cm³/mol. The number of nitrogens with one attached hydrogen (secondary N) is 2. The van der Waals surface area contributed by atoms with Crippen molar-refractivity contribution in [1.82, 2.24) is 9.97 Å². The van der Waals surface area contributed by atoms with Crippen LogP contribution in [0.3, 0.4) is 0 Å². The molecule has 0 amide bonds. The SMILES string of the molecule is CCCNc1nc(NCC(F)(F)CO)c2cc(C)sc2n1. The smallest absolute Gasteiger partial charge is 0.287 e. The highest BCUT2D eigenvalue weighted by Crippen LogP contribution is 2.30. The number of hydrogen-bond acceptors (Lipinski definition) is 6. The van der Waals surface area contributed by atoms with Gasteiger partial charge in [-0.05, 0) is 19.4 Å². The Labute approximate surface area is 125 Å². The largest absolute Gasteiger partial charge is 0.390 e. The molecule has 5 nitrogen and oxygen atoms in total. The van der Waals surface area contributed by atoms with Gasteiger partial charge < -0.3 is 15.7 Å². The minimum atomic E-state index is -3.18. The molecule has 3 N–H and O–H groups in total. The van der Waals surface area contributed by atoms with E-state index in [1.54, 1.807) is 0 Å². The minimum absolute atomic E-state index is 0.357. The Kier molecular flexibility index (Phi) is 4.89. The molecule has 8 heteroatoms. The number of hydrogen-bond donors (Lipinski definition) is 3. The Morgan fingerprint density at radius 3 is 2.76 bits per heavy atom. The molecule has 0 spiro atoms. The highest BCUT2D eigenvalue weighted by atomic mass is 32.1. The normalized spacial score (nSPS) is 11.9. The monoisotopic (exact) mass is 316 g/mol. The van der Waals surface area contributed by atoms with Crippen LogP contribution in [0.1, 0.15) is 18.2 Å². The number of aliphatic hydroxyl groups is 1. The first-order valence-corrected chi connectivity index (χ1v) is 7.51. The number of nitrogens with zero attached hydrogens (tertiary/aromatic N) is 2. The molecule has 116 valence electrons. The summed E-state index contributed by atoms with van der Waals surface area (Å²) in [5, 5.41) is 15.0. The molecule has 0 aliphatic carbocycles. The van der Waals surface area contributed by atoms with Crippen LogP contribution in [-0.2, 0) is 0 Å². The van der Waals surface area contributed by atoms with Gasteiger partial charge in [0.25, 0.3) is 5.92 Å². The van der Waals surface area contributed by atoms with Gasteiger partial charge in [-0.1, -0.05) is 6.92 Å². The van der Waals surface area contributed by atoms with Gasteiger partial charge in [0.1, 0.15) is 17.3 Å². The average Bonchev–Trinajstić information content (AvgIpc) is 2.83. The van der Waals surface area contributed by atoms with Crippen molar-refractivity contribution in [2.75, 3.05) is 30.3 Å². The van der Waals surface area contributed by atoms with E-state index in [1.807, 2.05) is 19.9 Å². The number of aryl methyl sites for hydroxylation is 1. The third-order valence-electron chi connectivity index (χ3n) is 2.79. The third-order valence-corrected chi connectivity index (χ3v) is 3.74. The molecule has 2 aromatic heterocycles. The predicted octanol–water partition coefficient (Wildman–Crippen LogP) is 2.86. The first kappa shape index (κ1) is 15.8. The van der Waals surface area contributed by atoms with Gasteiger partial charge in [-0.3, -0.25) is 0 Å². The van der Waals surface area contributed by atoms with Crippen molar-refractivity contribution in [2.45, 2.75) is 26.2 Å². The van der Waals surface area contributed by atoms with Gasteiger partial charge in [0.15, 0.2) is 0 Å². The molecular weight excluding hydrogens is 298 g/mol. The number of rotatable bonds is 7. The second-order valence-corrected chi connectivity index (χ2v) is 6.00. The second-order valence-electron chi connectivity index (χ2n) is 4.77. The topological polar surface area (TPSA) is 70.1 Å². The number of halogens is 2. The Bertz CT molecular complexity index is 617. The van der Waals surface area contributed by atoms with Gasteiger partial charge in [0.05, 0.1) is 11.9 Å². The van der Waals surface area contributed by atoms with Gasteiger partial charge in [0.2, 0.25) is 5.95 Å². The fourth-order valence-electron chi connectivity index (χ4n) is 1.76. The van der Waals surface area contributed by atoms with E-state index in [-0.39, 0.29) is 0 Å². The Morgan fingerprint density at radius 1 is 1.33 bits per heavy atom. The number of aliphatic hydroxyl groups excluding tert-OH is 1. The molecule has 0 bridgehead atoms. The quantitative estimate of drug-likeness (QED) is 0.733. The highest BCUT2D eigenvalue weighted by molar-refractivity contribution is 7.18. The zero-order valence-corrected chi connectivity index (χ0v) is 12.7. The van der Waals surface area contributed by atoms with Gasteiger partial charge in [0, 0.05) is 11.4 Å². The molecule has 0 saturated heterocycles. The zero-order chi connectivity index (χ0) is 15.5. The van der Waals surface area contributed by atoms with E-state index in [0.29, 0.717) is 23.7 Å². The molecule has 0 radical (unpaired) electrons. The van der Waals surface area contributed by atoms with Crippen molar-refractivity contribution >= 4 is 33.3 Å². The fourth-order valence-corrected chi connectivity index (χ4v) is 2.64. The van der Waals surface area contributed by atoms with Crippen LogP contribution in [0.25, 0.3) is 10.2 Å². The number of anilines is 2. The van der Waals surface area contributed by atoms with E-state index in [1.165, 1.54) is 11.3 Å². The van der Waals surface area contributed by atoms with Crippen LogP contribution in [0, 0.1) is 6.92 Å². The van der Waals surface area contributed by atoms with E-state index in [9.17, 15) is 8.78 Å². The lowest BCUT2D eigenvalue weighted by atomic mass is 10.3. The third kappa shape index (κ3) is 3.98. The van der Waals surface area contributed by atoms with Gasteiger partial charge in [-0.2, -0.15) is 4.98 Å². The highest BCUT2D eigenvalue weighted by Gasteiger charge is 2.28. The van der Waals surface area contributed by atoms with Gasteiger partial charge >= 0.3 is 0 Å². The van der Waals surface area contributed by atoms with Crippen LogP contribution in [0.5, 0.6) is 0 Å². The molecule has 2 rings (SSSR count). The lowest BCUT2D eigenvalue weighted by molar-refractivity contribution is -0.0373. The fraction of sp³-hybridized carbons (Fsp3) is 0.538. The molecule has 0 aromatic carbocycles. The molecule has 0 aliphatic heterocycles. The average molecular weight is 316 g/mol. The van der Waals surface area contributed by atoms with Crippen molar-refractivity contribution in [3.8, 4) is 0 Å². The van der Waals surface area contributed by atoms with Crippen molar-refractivity contribution in [2.24, 2.45) is 0 Å². The van der Waals surface area contributed by atoms with Crippen LogP contribution < -0.4 is 10.6 Å². The number of thiophene rings is 1. The van der Waals surface area contributed by atoms with E-state index >= 15 is 0 Å². The van der Waals surface area contributed by atoms with Crippen LogP contribution >= 0.6 is 11.3 Å². The molecule has 2 heterocycles. The molecule has 0 atom stereocenters. The lowest BCUT2D eigenvalue weighted by Gasteiger charge is -2.15. The molecule has 0 unspecified atom stereocenters. The zero-order valence-electron chi connectivity index (χ0n) is 11.9. The first-order chi connectivity index (χ1) is 9.95. The molecule has 0 saturated carbocycles. The van der Waals surface area contributed by atoms with E-state index in [0.717, 1.165) is 16.1 Å². The first-order valence-electron chi connectivity index (χ1n) is 6.70. The van der Waals surface area contributed by atoms with E-state index < -0.39 is 19.1 Å². The summed E-state index contributed by atoms with van der Waals surface area (Å²) in [5.41, 5.74) is 0. The van der Waals surface area contributed by atoms with Crippen molar-refractivity contribution < 1.29 is 13.9 Å². The molecule has 21 heavy (non-hydrogen) atoms. The van der Waals surface area contributed by atoms with Crippen LogP contribution in [0.2, 0.25) is 0 Å². The van der Waals surface area contributed by atoms with Gasteiger partial charge in [-0.15, -0.1) is 11.3 Å². The summed E-state index contributed by atoms with van der Waals surface area (Å²) >= 11 is 1.49. The lowest BCUT2D eigenvalue weighted by Crippen LogP contribution is -2.31. The molecule has 2 aromatic rings. The summed E-state index contributed by atoms with van der Waals surface area (Å²) in [4.78, 5) is 10.4.